The Morgan fingerprint density at radius 2 is 2.06 bits per heavy atom. The predicted octanol–water partition coefficient (Wildman–Crippen LogP) is 2.95. The van der Waals surface area contributed by atoms with E-state index in [0.717, 1.165) is 25.3 Å². The van der Waals surface area contributed by atoms with Gasteiger partial charge < -0.3 is 10.1 Å². The van der Waals surface area contributed by atoms with Crippen LogP contribution in [0.5, 0.6) is 5.75 Å². The van der Waals surface area contributed by atoms with Gasteiger partial charge in [0.05, 0.1) is 19.1 Å². The third-order valence-electron chi connectivity index (χ3n) is 3.45. The lowest BCUT2D eigenvalue weighted by Crippen LogP contribution is -2.21. The van der Waals surface area contributed by atoms with Crippen LogP contribution >= 0.6 is 0 Å². The van der Waals surface area contributed by atoms with Gasteiger partial charge in [-0.05, 0) is 43.0 Å². The minimum absolute atomic E-state index is 0.102. The number of hydrogen-bond acceptors (Lipinski definition) is 3. The molecule has 1 rings (SSSR count). The average molecular weight is 246 g/mol. The maximum Gasteiger partial charge on any atom is 0.122 e. The molecule has 1 aromatic rings. The van der Waals surface area contributed by atoms with E-state index in [1.54, 1.807) is 7.11 Å². The number of nitriles is 1. The van der Waals surface area contributed by atoms with E-state index < -0.39 is 0 Å². The van der Waals surface area contributed by atoms with E-state index in [9.17, 15) is 0 Å². The Morgan fingerprint density at radius 3 is 2.61 bits per heavy atom. The maximum atomic E-state index is 8.88. The highest BCUT2D eigenvalue weighted by molar-refractivity contribution is 5.43. The second kappa shape index (κ2) is 7.03. The van der Waals surface area contributed by atoms with Crippen LogP contribution in [0.25, 0.3) is 0 Å². The molecule has 1 atom stereocenters. The number of rotatable bonds is 6. The molecular formula is C15H22N2O. The van der Waals surface area contributed by atoms with Crippen LogP contribution in [-0.4, -0.2) is 13.7 Å². The molecule has 98 valence electrons. The van der Waals surface area contributed by atoms with Crippen LogP contribution in [0.3, 0.4) is 0 Å². The van der Waals surface area contributed by atoms with Crippen molar-refractivity contribution >= 4 is 0 Å². The second-order valence-electron chi connectivity index (χ2n) is 4.54. The van der Waals surface area contributed by atoms with E-state index in [1.165, 1.54) is 16.7 Å². The average Bonchev–Trinajstić information content (AvgIpc) is 2.39. The Morgan fingerprint density at radius 1 is 1.33 bits per heavy atom. The Kier molecular flexibility index (Phi) is 5.67. The fourth-order valence-electron chi connectivity index (χ4n) is 1.93. The molecule has 0 aliphatic carbocycles. The summed E-state index contributed by atoms with van der Waals surface area (Å²) in [7, 11) is 1.69. The summed E-state index contributed by atoms with van der Waals surface area (Å²) >= 11 is 0. The zero-order valence-electron chi connectivity index (χ0n) is 11.7. The molecule has 1 aromatic carbocycles. The van der Waals surface area contributed by atoms with E-state index in [0.29, 0.717) is 0 Å². The first-order chi connectivity index (χ1) is 8.63. The van der Waals surface area contributed by atoms with Gasteiger partial charge >= 0.3 is 0 Å². The van der Waals surface area contributed by atoms with Crippen molar-refractivity contribution in [3.05, 3.63) is 28.8 Å². The van der Waals surface area contributed by atoms with Crippen LogP contribution in [0.15, 0.2) is 12.1 Å². The quantitative estimate of drug-likeness (QED) is 0.839. The van der Waals surface area contributed by atoms with E-state index in [4.69, 9.17) is 10.00 Å². The standard InChI is InChI=1S/C15H22N2O/c1-5-13(8-16)9-17-10-14-6-7-15(18-4)12(3)11(14)2/h6-7,13,17H,5,9-10H2,1-4H3. The predicted molar refractivity (Wildman–Crippen MR) is 73.6 cm³/mol. The lowest BCUT2D eigenvalue weighted by Gasteiger charge is -2.14. The lowest BCUT2D eigenvalue weighted by molar-refractivity contribution is 0.411. The third kappa shape index (κ3) is 3.48. The minimum atomic E-state index is 0.102. The summed E-state index contributed by atoms with van der Waals surface area (Å²) in [5, 5.41) is 12.2. The molecule has 0 heterocycles. The Hall–Kier alpha value is -1.53. The van der Waals surface area contributed by atoms with Crippen molar-refractivity contribution in [3.63, 3.8) is 0 Å². The van der Waals surface area contributed by atoms with E-state index in [-0.39, 0.29) is 5.92 Å². The van der Waals surface area contributed by atoms with Gasteiger partial charge in [-0.2, -0.15) is 5.26 Å². The number of methoxy groups -OCH3 is 1. The van der Waals surface area contributed by atoms with Crippen LogP contribution in [0.4, 0.5) is 0 Å². The van der Waals surface area contributed by atoms with Crippen LogP contribution in [0.2, 0.25) is 0 Å². The minimum Gasteiger partial charge on any atom is -0.496 e. The number of hydrogen-bond donors (Lipinski definition) is 1. The molecule has 3 heteroatoms. The molecule has 0 aliphatic heterocycles. The zero-order valence-corrected chi connectivity index (χ0v) is 11.7. The van der Waals surface area contributed by atoms with Crippen molar-refractivity contribution < 1.29 is 4.74 Å². The molecule has 0 bridgehead atoms. The lowest BCUT2D eigenvalue weighted by atomic mass is 10.0. The molecule has 0 amide bonds. The van der Waals surface area contributed by atoms with Gasteiger partial charge in [-0.3, -0.25) is 0 Å². The molecule has 0 aliphatic rings. The van der Waals surface area contributed by atoms with Crippen LogP contribution in [0, 0.1) is 31.1 Å². The first-order valence-corrected chi connectivity index (χ1v) is 6.37. The number of ether oxygens (including phenoxy) is 1. The summed E-state index contributed by atoms with van der Waals surface area (Å²) in [6, 6.07) is 6.39. The van der Waals surface area contributed by atoms with E-state index in [1.807, 2.05) is 13.0 Å². The van der Waals surface area contributed by atoms with Crippen molar-refractivity contribution in [2.45, 2.75) is 33.7 Å². The van der Waals surface area contributed by atoms with Crippen molar-refractivity contribution in [3.8, 4) is 11.8 Å². The van der Waals surface area contributed by atoms with Gasteiger partial charge in [0.25, 0.3) is 0 Å². The maximum absolute atomic E-state index is 8.88. The summed E-state index contributed by atoms with van der Waals surface area (Å²) in [4.78, 5) is 0. The van der Waals surface area contributed by atoms with Crippen LogP contribution in [0.1, 0.15) is 30.0 Å². The molecule has 18 heavy (non-hydrogen) atoms. The van der Waals surface area contributed by atoms with Gasteiger partial charge in [-0.1, -0.05) is 13.0 Å². The third-order valence-corrected chi connectivity index (χ3v) is 3.45. The molecule has 0 saturated carbocycles. The fraction of sp³-hybridized carbons (Fsp3) is 0.533. The van der Waals surface area contributed by atoms with Gasteiger partial charge in [0.15, 0.2) is 0 Å². The van der Waals surface area contributed by atoms with Gasteiger partial charge in [0, 0.05) is 13.1 Å². The highest BCUT2D eigenvalue weighted by Crippen LogP contribution is 2.23. The summed E-state index contributed by atoms with van der Waals surface area (Å²) in [5.41, 5.74) is 3.71. The monoisotopic (exact) mass is 246 g/mol. The van der Waals surface area contributed by atoms with Crippen LogP contribution < -0.4 is 10.1 Å². The Balaban J connectivity index is 2.64. The molecule has 0 fully saturated rings. The largest absolute Gasteiger partial charge is 0.496 e. The molecule has 1 N–H and O–H groups in total. The van der Waals surface area contributed by atoms with Gasteiger partial charge in [0.2, 0.25) is 0 Å². The molecular weight excluding hydrogens is 224 g/mol. The first-order valence-electron chi connectivity index (χ1n) is 6.37. The molecule has 1 unspecified atom stereocenters. The smallest absolute Gasteiger partial charge is 0.122 e. The van der Waals surface area contributed by atoms with E-state index in [2.05, 4.69) is 31.3 Å². The fourth-order valence-corrected chi connectivity index (χ4v) is 1.93. The number of benzene rings is 1. The molecule has 0 radical (unpaired) electrons. The molecule has 3 nitrogen and oxygen atoms in total. The number of nitrogens with zero attached hydrogens (tertiary/aromatic N) is 1. The van der Waals surface area contributed by atoms with Crippen molar-refractivity contribution in [1.82, 2.24) is 5.32 Å². The molecule has 0 aromatic heterocycles. The van der Waals surface area contributed by atoms with Gasteiger partial charge in [-0.25, -0.2) is 0 Å². The molecule has 0 spiro atoms. The van der Waals surface area contributed by atoms with Crippen molar-refractivity contribution in [2.75, 3.05) is 13.7 Å². The topological polar surface area (TPSA) is 45.0 Å². The normalized spacial score (nSPS) is 11.9. The van der Waals surface area contributed by atoms with Gasteiger partial charge in [-0.15, -0.1) is 0 Å². The van der Waals surface area contributed by atoms with Gasteiger partial charge in [0.1, 0.15) is 5.75 Å². The highest BCUT2D eigenvalue weighted by Gasteiger charge is 2.07. The first kappa shape index (κ1) is 14.5. The van der Waals surface area contributed by atoms with Crippen LogP contribution in [-0.2, 0) is 6.54 Å². The zero-order chi connectivity index (χ0) is 13.5. The number of nitrogens with one attached hydrogen (secondary N) is 1. The summed E-state index contributed by atoms with van der Waals surface area (Å²) in [6.45, 7) is 7.77. The Bertz CT molecular complexity index is 435. The van der Waals surface area contributed by atoms with Crippen molar-refractivity contribution in [1.29, 1.82) is 5.26 Å². The highest BCUT2D eigenvalue weighted by atomic mass is 16.5. The summed E-state index contributed by atoms with van der Waals surface area (Å²) < 4.78 is 5.29. The van der Waals surface area contributed by atoms with E-state index >= 15 is 0 Å². The SMILES string of the molecule is CCC(C#N)CNCc1ccc(OC)c(C)c1C. The second-order valence-corrected chi connectivity index (χ2v) is 4.54. The Labute approximate surface area is 110 Å². The molecule has 0 saturated heterocycles. The summed E-state index contributed by atoms with van der Waals surface area (Å²) in [5.74, 6) is 1.03. The summed E-state index contributed by atoms with van der Waals surface area (Å²) in [6.07, 6.45) is 0.893. The van der Waals surface area contributed by atoms with Crippen molar-refractivity contribution in [2.24, 2.45) is 5.92 Å².